The molecule has 5 nitrogen and oxygen atoms in total. The van der Waals surface area contributed by atoms with Gasteiger partial charge in [-0.25, -0.2) is 0 Å². The molecular weight excluding hydrogens is 473 g/mol. The Morgan fingerprint density at radius 2 is 1.76 bits per heavy atom. The molecule has 1 amide bonds. The maximum absolute atomic E-state index is 13.7. The Kier molecular flexibility index (Phi) is 5.84. The van der Waals surface area contributed by atoms with Crippen molar-refractivity contribution in [1.29, 1.82) is 0 Å². The van der Waals surface area contributed by atoms with Crippen molar-refractivity contribution >= 4 is 45.8 Å². The van der Waals surface area contributed by atoms with Crippen LogP contribution in [0.5, 0.6) is 5.75 Å². The van der Waals surface area contributed by atoms with Gasteiger partial charge in [-0.3, -0.25) is 14.5 Å². The van der Waals surface area contributed by atoms with Gasteiger partial charge in [0, 0.05) is 15.7 Å². The zero-order valence-electron chi connectivity index (χ0n) is 18.6. The highest BCUT2D eigenvalue weighted by molar-refractivity contribution is 6.32. The summed E-state index contributed by atoms with van der Waals surface area (Å²) in [6.45, 7) is 4.53. The summed E-state index contributed by atoms with van der Waals surface area (Å²) in [7, 11) is 0. The van der Waals surface area contributed by atoms with E-state index >= 15 is 0 Å². The third-order valence-corrected chi connectivity index (χ3v) is 6.58. The molecule has 5 rings (SSSR count). The molecule has 1 aliphatic heterocycles. The molecule has 1 aliphatic rings. The van der Waals surface area contributed by atoms with Crippen molar-refractivity contribution < 1.29 is 13.9 Å². The Morgan fingerprint density at radius 1 is 1.00 bits per heavy atom. The number of anilines is 1. The van der Waals surface area contributed by atoms with Crippen molar-refractivity contribution in [2.75, 3.05) is 11.5 Å². The first-order valence-corrected chi connectivity index (χ1v) is 11.7. The van der Waals surface area contributed by atoms with E-state index in [9.17, 15) is 9.59 Å². The topological polar surface area (TPSA) is 59.8 Å². The molecule has 4 aromatic rings. The lowest BCUT2D eigenvalue weighted by atomic mass is 9.98. The number of benzene rings is 3. The van der Waals surface area contributed by atoms with Gasteiger partial charge in [0.05, 0.1) is 23.6 Å². The van der Waals surface area contributed by atoms with Crippen LogP contribution in [-0.4, -0.2) is 12.5 Å². The highest BCUT2D eigenvalue weighted by Crippen LogP contribution is 2.42. The van der Waals surface area contributed by atoms with Crippen molar-refractivity contribution in [1.82, 2.24) is 0 Å². The van der Waals surface area contributed by atoms with Gasteiger partial charge in [0.2, 0.25) is 5.76 Å². The fourth-order valence-corrected chi connectivity index (χ4v) is 4.57. The number of halogens is 2. The third kappa shape index (κ3) is 3.75. The van der Waals surface area contributed by atoms with Crippen molar-refractivity contribution in [3.05, 3.63) is 103 Å². The molecule has 0 radical (unpaired) electrons. The first kappa shape index (κ1) is 22.5. The van der Waals surface area contributed by atoms with Crippen molar-refractivity contribution in [3.8, 4) is 5.75 Å². The molecule has 0 saturated carbocycles. The van der Waals surface area contributed by atoms with Crippen LogP contribution in [-0.2, 0) is 0 Å². The van der Waals surface area contributed by atoms with Crippen LogP contribution in [0.3, 0.4) is 0 Å². The molecule has 0 spiro atoms. The maximum Gasteiger partial charge on any atom is 0.295 e. The van der Waals surface area contributed by atoms with Gasteiger partial charge >= 0.3 is 0 Å². The Morgan fingerprint density at radius 3 is 2.47 bits per heavy atom. The normalized spacial score (nSPS) is 15.1. The average Bonchev–Trinajstić information content (AvgIpc) is 3.13. The van der Waals surface area contributed by atoms with Crippen LogP contribution >= 0.6 is 23.2 Å². The standard InChI is InChI=1S/C27H21Cl2NO4/c1-3-12-33-19-9-5-16(6-10-19)24-23-25(31)20-13-17(28)7-11-22(20)34-26(23)27(32)30(24)18-8-4-15(2)21(29)14-18/h4-11,13-14,24H,3,12H2,1-2H3. The second-order valence-electron chi connectivity index (χ2n) is 8.24. The van der Waals surface area contributed by atoms with Gasteiger partial charge in [-0.1, -0.05) is 48.3 Å². The summed E-state index contributed by atoms with van der Waals surface area (Å²) in [4.78, 5) is 28.9. The summed E-state index contributed by atoms with van der Waals surface area (Å²) in [6, 6.07) is 16.9. The van der Waals surface area contributed by atoms with E-state index in [0.717, 1.165) is 23.3 Å². The molecule has 1 aromatic heterocycles. The predicted molar refractivity (Wildman–Crippen MR) is 135 cm³/mol. The Hall–Kier alpha value is -3.28. The summed E-state index contributed by atoms with van der Waals surface area (Å²) >= 11 is 12.5. The van der Waals surface area contributed by atoms with Crippen molar-refractivity contribution in [2.24, 2.45) is 0 Å². The second kappa shape index (κ2) is 8.82. The summed E-state index contributed by atoms with van der Waals surface area (Å²) in [6.07, 6.45) is 0.894. The molecule has 34 heavy (non-hydrogen) atoms. The zero-order chi connectivity index (χ0) is 24.0. The van der Waals surface area contributed by atoms with Crippen LogP contribution in [0.2, 0.25) is 10.0 Å². The molecule has 2 heterocycles. The lowest BCUT2D eigenvalue weighted by Gasteiger charge is -2.26. The number of carbonyl (C=O) groups excluding carboxylic acids is 1. The van der Waals surface area contributed by atoms with Crippen LogP contribution < -0.4 is 15.1 Å². The molecule has 0 aliphatic carbocycles. The molecule has 0 fully saturated rings. The van der Waals surface area contributed by atoms with E-state index in [1.54, 1.807) is 29.2 Å². The minimum Gasteiger partial charge on any atom is -0.494 e. The molecule has 3 aromatic carbocycles. The molecule has 172 valence electrons. The van der Waals surface area contributed by atoms with Crippen LogP contribution in [0.15, 0.2) is 69.9 Å². The number of aryl methyl sites for hydroxylation is 1. The molecule has 0 N–H and O–H groups in total. The zero-order valence-corrected chi connectivity index (χ0v) is 20.1. The number of nitrogens with zero attached hydrogens (tertiary/aromatic N) is 1. The van der Waals surface area contributed by atoms with Crippen LogP contribution in [0.4, 0.5) is 5.69 Å². The monoisotopic (exact) mass is 493 g/mol. The second-order valence-corrected chi connectivity index (χ2v) is 9.09. The molecule has 7 heteroatoms. The summed E-state index contributed by atoms with van der Waals surface area (Å²) < 4.78 is 11.7. The van der Waals surface area contributed by atoms with Crippen molar-refractivity contribution in [3.63, 3.8) is 0 Å². The van der Waals surface area contributed by atoms with Gasteiger partial charge in [0.1, 0.15) is 11.3 Å². The first-order valence-electron chi connectivity index (χ1n) is 11.0. The van der Waals surface area contributed by atoms with Gasteiger partial charge in [-0.2, -0.15) is 0 Å². The van der Waals surface area contributed by atoms with E-state index < -0.39 is 11.9 Å². The minimum absolute atomic E-state index is 0.0211. The van der Waals surface area contributed by atoms with E-state index in [1.807, 2.05) is 50.2 Å². The Bertz CT molecular complexity index is 1480. The number of carbonyl (C=O) groups is 1. The lowest BCUT2D eigenvalue weighted by Crippen LogP contribution is -2.29. The first-order chi connectivity index (χ1) is 16.4. The number of amides is 1. The van der Waals surface area contributed by atoms with E-state index in [-0.39, 0.29) is 16.8 Å². The molecule has 1 unspecified atom stereocenters. The number of rotatable bonds is 5. The van der Waals surface area contributed by atoms with Gasteiger partial charge in [-0.05, 0) is 66.9 Å². The van der Waals surface area contributed by atoms with Gasteiger partial charge < -0.3 is 9.15 Å². The number of fused-ring (bicyclic) bond motifs is 2. The van der Waals surface area contributed by atoms with Gasteiger partial charge in [0.15, 0.2) is 5.43 Å². The summed E-state index contributed by atoms with van der Waals surface area (Å²) in [5, 5.41) is 1.27. The highest BCUT2D eigenvalue weighted by Gasteiger charge is 2.43. The van der Waals surface area contributed by atoms with Crippen LogP contribution in [0, 0.1) is 6.92 Å². The van der Waals surface area contributed by atoms with Gasteiger partial charge in [-0.15, -0.1) is 0 Å². The largest absolute Gasteiger partial charge is 0.494 e. The van der Waals surface area contributed by atoms with E-state index in [0.29, 0.717) is 33.3 Å². The maximum atomic E-state index is 13.7. The molecular formula is C27H21Cl2NO4. The van der Waals surface area contributed by atoms with Crippen LogP contribution in [0.25, 0.3) is 11.0 Å². The number of ether oxygens (including phenoxy) is 1. The fourth-order valence-electron chi connectivity index (χ4n) is 4.22. The van der Waals surface area contributed by atoms with Crippen LogP contribution in [0.1, 0.15) is 46.6 Å². The summed E-state index contributed by atoms with van der Waals surface area (Å²) in [5.41, 5.74) is 2.51. The van der Waals surface area contributed by atoms with Gasteiger partial charge in [0.25, 0.3) is 5.91 Å². The minimum atomic E-state index is -0.693. The smallest absolute Gasteiger partial charge is 0.295 e. The molecule has 0 bridgehead atoms. The average molecular weight is 494 g/mol. The number of hydrogen-bond acceptors (Lipinski definition) is 4. The van der Waals surface area contributed by atoms with E-state index in [2.05, 4.69) is 0 Å². The summed E-state index contributed by atoms with van der Waals surface area (Å²) in [5.74, 6) is 0.338. The Labute approximate surface area is 206 Å². The SMILES string of the molecule is CCCOc1ccc(C2c3c(oc4ccc(Cl)cc4c3=O)C(=O)N2c2ccc(C)c(Cl)c2)cc1. The quantitative estimate of drug-likeness (QED) is 0.301. The molecule has 0 saturated heterocycles. The fraction of sp³-hybridized carbons (Fsp3) is 0.185. The highest BCUT2D eigenvalue weighted by atomic mass is 35.5. The predicted octanol–water partition coefficient (Wildman–Crippen LogP) is 6.95. The lowest BCUT2D eigenvalue weighted by molar-refractivity contribution is 0.0971. The van der Waals surface area contributed by atoms with E-state index in [4.69, 9.17) is 32.4 Å². The Balaban J connectivity index is 1.73. The van der Waals surface area contributed by atoms with E-state index in [1.165, 1.54) is 0 Å². The molecule has 1 atom stereocenters. The third-order valence-electron chi connectivity index (χ3n) is 5.93. The number of hydrogen-bond donors (Lipinski definition) is 0. The van der Waals surface area contributed by atoms with Crippen molar-refractivity contribution in [2.45, 2.75) is 26.3 Å².